The summed E-state index contributed by atoms with van der Waals surface area (Å²) in [7, 11) is 2.18. The van der Waals surface area contributed by atoms with Crippen molar-refractivity contribution in [2.75, 3.05) is 26.7 Å². The van der Waals surface area contributed by atoms with Crippen molar-refractivity contribution in [1.29, 1.82) is 0 Å². The van der Waals surface area contributed by atoms with Crippen LogP contribution in [0.5, 0.6) is 0 Å². The van der Waals surface area contributed by atoms with Crippen molar-refractivity contribution in [1.82, 2.24) is 20.5 Å². The van der Waals surface area contributed by atoms with Crippen molar-refractivity contribution in [2.24, 2.45) is 0 Å². The van der Waals surface area contributed by atoms with Gasteiger partial charge in [0.1, 0.15) is 5.60 Å². The second-order valence-corrected chi connectivity index (χ2v) is 9.81. The topological polar surface area (TPSA) is 83.6 Å². The van der Waals surface area contributed by atoms with Crippen LogP contribution in [0, 0.1) is 0 Å². The molecule has 7 heteroatoms. The van der Waals surface area contributed by atoms with E-state index in [2.05, 4.69) is 33.6 Å². The van der Waals surface area contributed by atoms with Crippen LogP contribution in [-0.4, -0.2) is 54.2 Å². The molecule has 0 aromatic carbocycles. The van der Waals surface area contributed by atoms with Gasteiger partial charge in [0.05, 0.1) is 0 Å². The van der Waals surface area contributed by atoms with Crippen LogP contribution in [0.25, 0.3) is 0 Å². The van der Waals surface area contributed by atoms with E-state index in [0.29, 0.717) is 25.6 Å². The van der Waals surface area contributed by atoms with Gasteiger partial charge in [-0.25, -0.2) is 4.79 Å². The standard InChI is InChI=1S/C25H42N4O3/c1-25(2,3)32-24(31)28-14-8-6-5-7-13-23(30)27-15-9-11-20-17-21(19-26-18-20)22-12-10-16-29(22)4/h17-19,22H,5-16H2,1-4H3,(H,27,30)(H,28,31). The summed E-state index contributed by atoms with van der Waals surface area (Å²) < 4.78 is 5.20. The number of nitrogens with one attached hydrogen (secondary N) is 2. The summed E-state index contributed by atoms with van der Waals surface area (Å²) in [5.74, 6) is 0.122. The molecule has 1 fully saturated rings. The number of ether oxygens (including phenoxy) is 1. The molecule has 2 heterocycles. The van der Waals surface area contributed by atoms with Gasteiger partial charge < -0.3 is 15.4 Å². The lowest BCUT2D eigenvalue weighted by Crippen LogP contribution is -2.32. The highest BCUT2D eigenvalue weighted by Crippen LogP contribution is 2.30. The zero-order valence-corrected chi connectivity index (χ0v) is 20.4. The van der Waals surface area contributed by atoms with Crippen LogP contribution in [-0.2, 0) is 16.0 Å². The van der Waals surface area contributed by atoms with Crippen molar-refractivity contribution in [3.8, 4) is 0 Å². The van der Waals surface area contributed by atoms with E-state index in [-0.39, 0.29) is 12.0 Å². The number of rotatable bonds is 12. The highest BCUT2D eigenvalue weighted by molar-refractivity contribution is 5.75. The van der Waals surface area contributed by atoms with Crippen LogP contribution >= 0.6 is 0 Å². The van der Waals surface area contributed by atoms with Crippen molar-refractivity contribution in [3.05, 3.63) is 29.6 Å². The number of hydrogen-bond donors (Lipinski definition) is 2. The van der Waals surface area contributed by atoms with Crippen LogP contribution in [0.2, 0.25) is 0 Å². The molecule has 0 radical (unpaired) electrons. The van der Waals surface area contributed by atoms with Crippen LogP contribution in [0.4, 0.5) is 4.79 Å². The van der Waals surface area contributed by atoms with E-state index in [1.165, 1.54) is 24.0 Å². The monoisotopic (exact) mass is 446 g/mol. The third-order valence-corrected chi connectivity index (χ3v) is 5.68. The normalized spacial score (nSPS) is 16.7. The summed E-state index contributed by atoms with van der Waals surface area (Å²) in [6.07, 6.45) is 12.2. The van der Waals surface area contributed by atoms with Gasteiger partial charge in [-0.1, -0.05) is 18.9 Å². The van der Waals surface area contributed by atoms with Gasteiger partial charge in [0.2, 0.25) is 5.91 Å². The minimum atomic E-state index is -0.467. The summed E-state index contributed by atoms with van der Waals surface area (Å²) >= 11 is 0. The summed E-state index contributed by atoms with van der Waals surface area (Å²) in [5.41, 5.74) is 2.09. The Bertz CT molecular complexity index is 717. The smallest absolute Gasteiger partial charge is 0.407 e. The maximum atomic E-state index is 12.0. The summed E-state index contributed by atoms with van der Waals surface area (Å²) in [4.78, 5) is 30.4. The lowest BCUT2D eigenvalue weighted by Gasteiger charge is -2.19. The molecule has 180 valence electrons. The minimum absolute atomic E-state index is 0.122. The number of amides is 2. The first-order valence-corrected chi connectivity index (χ1v) is 12.1. The second-order valence-electron chi connectivity index (χ2n) is 9.81. The van der Waals surface area contributed by atoms with Gasteiger partial charge in [-0.15, -0.1) is 0 Å². The molecule has 1 aliphatic heterocycles. The maximum Gasteiger partial charge on any atom is 0.407 e. The number of alkyl carbamates (subject to hydrolysis) is 1. The van der Waals surface area contributed by atoms with Gasteiger partial charge in [0, 0.05) is 37.9 Å². The number of aryl methyl sites for hydroxylation is 1. The lowest BCUT2D eigenvalue weighted by molar-refractivity contribution is -0.121. The number of likely N-dealkylation sites (tertiary alicyclic amines) is 1. The number of pyridine rings is 1. The SMILES string of the molecule is CN1CCCC1c1cncc(CCCNC(=O)CCCCCCNC(=O)OC(C)(C)C)c1. The molecule has 7 nitrogen and oxygen atoms in total. The fraction of sp³-hybridized carbons (Fsp3) is 0.720. The number of carbonyl (C=O) groups is 2. The summed E-state index contributed by atoms with van der Waals surface area (Å²) in [5, 5.41) is 5.79. The number of unbranched alkanes of at least 4 members (excludes halogenated alkanes) is 3. The van der Waals surface area contributed by atoms with E-state index in [0.717, 1.165) is 45.1 Å². The Morgan fingerprint density at radius 3 is 2.56 bits per heavy atom. The van der Waals surface area contributed by atoms with E-state index < -0.39 is 5.60 Å². The number of nitrogens with zero attached hydrogens (tertiary/aromatic N) is 2. The van der Waals surface area contributed by atoms with Crippen LogP contribution in [0.1, 0.15) is 89.3 Å². The predicted molar refractivity (Wildman–Crippen MR) is 127 cm³/mol. The number of hydrogen-bond acceptors (Lipinski definition) is 5. The van der Waals surface area contributed by atoms with Crippen molar-refractivity contribution >= 4 is 12.0 Å². The Balaban J connectivity index is 1.48. The molecule has 1 aliphatic rings. The Morgan fingerprint density at radius 2 is 1.84 bits per heavy atom. The highest BCUT2D eigenvalue weighted by Gasteiger charge is 2.22. The molecule has 32 heavy (non-hydrogen) atoms. The molecule has 0 bridgehead atoms. The fourth-order valence-corrected chi connectivity index (χ4v) is 4.04. The van der Waals surface area contributed by atoms with Crippen molar-refractivity contribution < 1.29 is 14.3 Å². The Kier molecular flexibility index (Phi) is 10.9. The Labute approximate surface area is 193 Å². The van der Waals surface area contributed by atoms with Gasteiger partial charge in [0.15, 0.2) is 0 Å². The highest BCUT2D eigenvalue weighted by atomic mass is 16.6. The molecule has 1 aromatic heterocycles. The quantitative estimate of drug-likeness (QED) is 0.466. The molecule has 2 amide bonds. The minimum Gasteiger partial charge on any atom is -0.444 e. The fourth-order valence-electron chi connectivity index (χ4n) is 4.04. The number of aromatic nitrogens is 1. The second kappa shape index (κ2) is 13.4. The molecule has 0 aliphatic carbocycles. The average Bonchev–Trinajstić information content (AvgIpc) is 3.15. The zero-order chi connectivity index (χ0) is 23.4. The van der Waals surface area contributed by atoms with Gasteiger partial charge in [-0.3, -0.25) is 14.7 Å². The lowest BCUT2D eigenvalue weighted by atomic mass is 10.0. The molecular weight excluding hydrogens is 404 g/mol. The van der Waals surface area contributed by atoms with Crippen LogP contribution in [0.15, 0.2) is 18.5 Å². The van der Waals surface area contributed by atoms with Gasteiger partial charge in [-0.2, -0.15) is 0 Å². The van der Waals surface area contributed by atoms with Crippen LogP contribution in [0.3, 0.4) is 0 Å². The van der Waals surface area contributed by atoms with Gasteiger partial charge in [0.25, 0.3) is 0 Å². The van der Waals surface area contributed by atoms with Crippen LogP contribution < -0.4 is 10.6 Å². The molecular formula is C25H42N4O3. The largest absolute Gasteiger partial charge is 0.444 e. The third-order valence-electron chi connectivity index (χ3n) is 5.68. The molecule has 0 spiro atoms. The summed E-state index contributed by atoms with van der Waals surface area (Å²) in [6.45, 7) is 8.01. The molecule has 1 atom stereocenters. The molecule has 2 rings (SSSR count). The van der Waals surface area contributed by atoms with E-state index in [9.17, 15) is 9.59 Å². The van der Waals surface area contributed by atoms with E-state index in [1.807, 2.05) is 33.2 Å². The Morgan fingerprint density at radius 1 is 1.09 bits per heavy atom. The molecule has 1 unspecified atom stereocenters. The van der Waals surface area contributed by atoms with E-state index in [4.69, 9.17) is 4.74 Å². The number of carbonyl (C=O) groups excluding carboxylic acids is 2. The zero-order valence-electron chi connectivity index (χ0n) is 20.4. The molecule has 1 aromatic rings. The third kappa shape index (κ3) is 10.4. The molecule has 2 N–H and O–H groups in total. The van der Waals surface area contributed by atoms with Gasteiger partial charge in [-0.05, 0) is 84.0 Å². The maximum absolute atomic E-state index is 12.0. The predicted octanol–water partition coefficient (Wildman–Crippen LogP) is 4.37. The molecule has 1 saturated heterocycles. The first kappa shape index (κ1) is 26.1. The van der Waals surface area contributed by atoms with Crippen molar-refractivity contribution in [3.63, 3.8) is 0 Å². The average molecular weight is 447 g/mol. The molecule has 0 saturated carbocycles. The van der Waals surface area contributed by atoms with Crippen molar-refractivity contribution in [2.45, 2.75) is 90.2 Å². The first-order chi connectivity index (χ1) is 15.2. The first-order valence-electron chi connectivity index (χ1n) is 12.1. The van der Waals surface area contributed by atoms with E-state index >= 15 is 0 Å². The summed E-state index contributed by atoms with van der Waals surface area (Å²) in [6, 6.07) is 2.77. The Hall–Kier alpha value is -2.15. The van der Waals surface area contributed by atoms with Gasteiger partial charge >= 0.3 is 6.09 Å². The van der Waals surface area contributed by atoms with E-state index in [1.54, 1.807) is 0 Å².